The highest BCUT2D eigenvalue weighted by molar-refractivity contribution is 5.88. The third-order valence-electron chi connectivity index (χ3n) is 4.02. The van der Waals surface area contributed by atoms with Crippen molar-refractivity contribution in [1.29, 1.82) is 0 Å². The van der Waals surface area contributed by atoms with Gasteiger partial charge < -0.3 is 0 Å². The molecule has 1 heterocycles. The van der Waals surface area contributed by atoms with Gasteiger partial charge in [0.15, 0.2) is 5.78 Å². The predicted molar refractivity (Wildman–Crippen MR) is 87.7 cm³/mol. The summed E-state index contributed by atoms with van der Waals surface area (Å²) in [6.45, 7) is 2.17. The fourth-order valence-corrected chi connectivity index (χ4v) is 2.91. The maximum Gasteiger partial charge on any atom is 0.154 e. The lowest BCUT2D eigenvalue weighted by Crippen LogP contribution is -2.39. The maximum absolute atomic E-state index is 13.0. The molecule has 22 heavy (non-hydrogen) atoms. The van der Waals surface area contributed by atoms with Crippen LogP contribution >= 0.6 is 12.4 Å². The molecule has 0 bridgehead atoms. The minimum Gasteiger partial charge on any atom is -0.298 e. The number of piperidine rings is 1. The van der Waals surface area contributed by atoms with Gasteiger partial charge in [-0.15, -0.1) is 12.4 Å². The molecule has 1 fully saturated rings. The van der Waals surface area contributed by atoms with Gasteiger partial charge in [-0.1, -0.05) is 42.5 Å². The van der Waals surface area contributed by atoms with Crippen molar-refractivity contribution in [2.24, 2.45) is 0 Å². The highest BCUT2D eigenvalue weighted by atomic mass is 35.5. The lowest BCUT2D eigenvalue weighted by molar-refractivity contribution is -0.124. The lowest BCUT2D eigenvalue weighted by atomic mass is 9.88. The molecule has 1 unspecified atom stereocenters. The Kier molecular flexibility index (Phi) is 5.69. The molecule has 0 aromatic heterocycles. The second-order valence-corrected chi connectivity index (χ2v) is 5.56. The molecular formula is C18H19ClFNO. The van der Waals surface area contributed by atoms with Crippen molar-refractivity contribution in [1.82, 2.24) is 4.90 Å². The Hall–Kier alpha value is -1.71. The number of halogens is 2. The van der Waals surface area contributed by atoms with Crippen LogP contribution < -0.4 is 0 Å². The minimum absolute atomic E-state index is 0. The van der Waals surface area contributed by atoms with E-state index in [1.807, 2.05) is 18.2 Å². The molecule has 0 saturated carbocycles. The van der Waals surface area contributed by atoms with Gasteiger partial charge >= 0.3 is 0 Å². The zero-order valence-corrected chi connectivity index (χ0v) is 13.1. The molecule has 1 aliphatic heterocycles. The van der Waals surface area contributed by atoms with Gasteiger partial charge in [-0.25, -0.2) is 4.39 Å². The van der Waals surface area contributed by atoms with Crippen molar-refractivity contribution in [3.63, 3.8) is 0 Å². The van der Waals surface area contributed by atoms with Crippen LogP contribution in [0.5, 0.6) is 0 Å². The van der Waals surface area contributed by atoms with E-state index < -0.39 is 0 Å². The number of carbonyl (C=O) groups excluding carboxylic acids is 1. The summed E-state index contributed by atoms with van der Waals surface area (Å²) in [5.74, 6) is -0.117. The Balaban J connectivity index is 0.00000176. The summed E-state index contributed by atoms with van der Waals surface area (Å²) < 4.78 is 13.0. The van der Waals surface area contributed by atoms with Gasteiger partial charge in [0, 0.05) is 12.5 Å². The molecule has 2 aromatic carbocycles. The second kappa shape index (κ2) is 7.52. The minimum atomic E-state index is -0.257. The van der Waals surface area contributed by atoms with Gasteiger partial charge in [-0.2, -0.15) is 0 Å². The molecule has 0 aliphatic carbocycles. The number of hydrogen-bond donors (Lipinski definition) is 0. The molecule has 1 aliphatic rings. The van der Waals surface area contributed by atoms with E-state index >= 15 is 0 Å². The predicted octanol–water partition coefficient (Wildman–Crippen LogP) is 3.81. The van der Waals surface area contributed by atoms with E-state index in [-0.39, 0.29) is 29.9 Å². The average molecular weight is 320 g/mol. The molecule has 4 heteroatoms. The third-order valence-corrected chi connectivity index (χ3v) is 4.02. The van der Waals surface area contributed by atoms with Gasteiger partial charge in [0.25, 0.3) is 0 Å². The Labute approximate surface area is 136 Å². The second-order valence-electron chi connectivity index (χ2n) is 5.56. The fourth-order valence-electron chi connectivity index (χ4n) is 2.91. The maximum atomic E-state index is 13.0. The third kappa shape index (κ3) is 3.93. The van der Waals surface area contributed by atoms with Crippen LogP contribution in [0, 0.1) is 5.82 Å². The van der Waals surface area contributed by atoms with Gasteiger partial charge in [0.2, 0.25) is 0 Å². The number of rotatable bonds is 3. The van der Waals surface area contributed by atoms with E-state index in [9.17, 15) is 9.18 Å². The molecule has 0 radical (unpaired) electrons. The Bertz CT molecular complexity index is 615. The summed E-state index contributed by atoms with van der Waals surface area (Å²) in [5.41, 5.74) is 2.16. The van der Waals surface area contributed by atoms with E-state index in [4.69, 9.17) is 0 Å². The molecule has 1 atom stereocenters. The van der Waals surface area contributed by atoms with Gasteiger partial charge in [-0.05, 0) is 36.2 Å². The summed E-state index contributed by atoms with van der Waals surface area (Å²) in [5, 5.41) is 0. The van der Waals surface area contributed by atoms with Crippen molar-refractivity contribution in [3.8, 4) is 0 Å². The monoisotopic (exact) mass is 319 g/mol. The zero-order valence-electron chi connectivity index (χ0n) is 12.2. The fraction of sp³-hybridized carbons (Fsp3) is 0.278. The van der Waals surface area contributed by atoms with Gasteiger partial charge in [0.05, 0.1) is 6.54 Å². The SMILES string of the molecule is Cl.O=C1CN(Cc2ccccc2)CCC1c1ccc(F)cc1. The van der Waals surface area contributed by atoms with Crippen LogP contribution in [0.2, 0.25) is 0 Å². The normalized spacial score (nSPS) is 18.8. The van der Waals surface area contributed by atoms with Crippen LogP contribution in [0.25, 0.3) is 0 Å². The van der Waals surface area contributed by atoms with E-state index in [1.165, 1.54) is 17.7 Å². The highest BCUT2D eigenvalue weighted by Gasteiger charge is 2.28. The van der Waals surface area contributed by atoms with Crippen molar-refractivity contribution < 1.29 is 9.18 Å². The molecule has 0 spiro atoms. The van der Waals surface area contributed by atoms with Crippen LogP contribution in [0.1, 0.15) is 23.5 Å². The van der Waals surface area contributed by atoms with E-state index in [1.54, 1.807) is 12.1 Å². The first kappa shape index (κ1) is 16.7. The Morgan fingerprint density at radius 1 is 1.05 bits per heavy atom. The molecular weight excluding hydrogens is 301 g/mol. The van der Waals surface area contributed by atoms with Crippen LogP contribution in [-0.4, -0.2) is 23.8 Å². The summed E-state index contributed by atoms with van der Waals surface area (Å²) in [6.07, 6.45) is 0.803. The van der Waals surface area contributed by atoms with Crippen molar-refractivity contribution in [2.75, 3.05) is 13.1 Å². The summed E-state index contributed by atoms with van der Waals surface area (Å²) >= 11 is 0. The average Bonchev–Trinajstić information content (AvgIpc) is 2.50. The number of ketones is 1. The lowest BCUT2D eigenvalue weighted by Gasteiger charge is -2.31. The van der Waals surface area contributed by atoms with Gasteiger partial charge in [-0.3, -0.25) is 9.69 Å². The molecule has 0 amide bonds. The van der Waals surface area contributed by atoms with E-state index in [2.05, 4.69) is 17.0 Å². The molecule has 1 saturated heterocycles. The summed E-state index contributed by atoms with van der Waals surface area (Å²) in [7, 11) is 0. The van der Waals surface area contributed by atoms with Crippen LogP contribution in [0.4, 0.5) is 4.39 Å². The molecule has 2 nitrogen and oxygen atoms in total. The largest absolute Gasteiger partial charge is 0.298 e. The first-order valence-electron chi connectivity index (χ1n) is 7.27. The first-order chi connectivity index (χ1) is 10.2. The van der Waals surface area contributed by atoms with Crippen molar-refractivity contribution in [3.05, 3.63) is 71.5 Å². The molecule has 0 N–H and O–H groups in total. The highest BCUT2D eigenvalue weighted by Crippen LogP contribution is 2.26. The number of nitrogens with zero attached hydrogens (tertiary/aromatic N) is 1. The number of benzene rings is 2. The summed E-state index contributed by atoms with van der Waals surface area (Å²) in [6, 6.07) is 16.5. The van der Waals surface area contributed by atoms with Crippen LogP contribution in [-0.2, 0) is 11.3 Å². The number of hydrogen-bond acceptors (Lipinski definition) is 2. The zero-order chi connectivity index (χ0) is 14.7. The number of carbonyl (C=O) groups is 1. The van der Waals surface area contributed by atoms with E-state index in [0.29, 0.717) is 6.54 Å². The van der Waals surface area contributed by atoms with Crippen molar-refractivity contribution >= 4 is 18.2 Å². The first-order valence-corrected chi connectivity index (χ1v) is 7.27. The standard InChI is InChI=1S/C18H18FNO.ClH/c19-16-8-6-15(7-9-16)17-10-11-20(13-18(17)21)12-14-4-2-1-3-5-14;/h1-9,17H,10-13H2;1H. The van der Waals surface area contributed by atoms with Crippen LogP contribution in [0.15, 0.2) is 54.6 Å². The smallest absolute Gasteiger partial charge is 0.154 e. The Morgan fingerprint density at radius 2 is 1.73 bits per heavy atom. The summed E-state index contributed by atoms with van der Waals surface area (Å²) in [4.78, 5) is 14.5. The van der Waals surface area contributed by atoms with Crippen molar-refractivity contribution in [2.45, 2.75) is 18.9 Å². The van der Waals surface area contributed by atoms with Gasteiger partial charge in [0.1, 0.15) is 5.82 Å². The van der Waals surface area contributed by atoms with E-state index in [0.717, 1.165) is 25.1 Å². The molecule has 2 aromatic rings. The number of likely N-dealkylation sites (tertiary alicyclic amines) is 1. The quantitative estimate of drug-likeness (QED) is 0.857. The molecule has 3 rings (SSSR count). The van der Waals surface area contributed by atoms with Crippen LogP contribution in [0.3, 0.4) is 0 Å². The number of Topliss-reactive ketones (excluding diaryl/α,β-unsaturated/α-hetero) is 1. The topological polar surface area (TPSA) is 20.3 Å². The molecule has 116 valence electrons. The Morgan fingerprint density at radius 3 is 2.36 bits per heavy atom.